The predicted octanol–water partition coefficient (Wildman–Crippen LogP) is 4.29. The first-order valence-electron chi connectivity index (χ1n) is 8.47. The van der Waals surface area contributed by atoms with Crippen LogP contribution in [-0.4, -0.2) is 33.3 Å². The summed E-state index contributed by atoms with van der Waals surface area (Å²) in [5, 5.41) is 7.39. The monoisotopic (exact) mass is 380 g/mol. The number of fused-ring (bicyclic) bond motifs is 1. The van der Waals surface area contributed by atoms with Gasteiger partial charge in [0.15, 0.2) is 11.5 Å². The number of esters is 1. The van der Waals surface area contributed by atoms with Gasteiger partial charge >= 0.3 is 12.0 Å². The predicted molar refractivity (Wildman–Crippen MR) is 107 cm³/mol. The molecule has 7 heteroatoms. The van der Waals surface area contributed by atoms with Crippen molar-refractivity contribution >= 4 is 34.1 Å². The third kappa shape index (κ3) is 3.83. The molecule has 0 unspecified atom stereocenters. The first kappa shape index (κ1) is 19.0. The Bertz CT molecular complexity index is 1030. The van der Waals surface area contributed by atoms with Crippen LogP contribution in [0.2, 0.25) is 0 Å². The molecule has 0 heterocycles. The van der Waals surface area contributed by atoms with Crippen LogP contribution in [-0.2, 0) is 4.74 Å². The lowest BCUT2D eigenvalue weighted by molar-refractivity contribution is 0.0601. The van der Waals surface area contributed by atoms with Gasteiger partial charge in [0.25, 0.3) is 0 Å². The van der Waals surface area contributed by atoms with E-state index >= 15 is 0 Å². The number of hydrogen-bond acceptors (Lipinski definition) is 5. The van der Waals surface area contributed by atoms with Crippen molar-refractivity contribution in [2.24, 2.45) is 0 Å². The van der Waals surface area contributed by atoms with Gasteiger partial charge in [-0.25, -0.2) is 9.59 Å². The maximum atomic E-state index is 12.6. The average Bonchev–Trinajstić information content (AvgIpc) is 2.73. The van der Waals surface area contributed by atoms with Crippen molar-refractivity contribution < 1.29 is 23.8 Å². The third-order valence-electron chi connectivity index (χ3n) is 4.22. The van der Waals surface area contributed by atoms with Crippen LogP contribution >= 0.6 is 0 Å². The van der Waals surface area contributed by atoms with E-state index in [1.807, 2.05) is 36.4 Å². The standard InChI is InChI=1S/C21H20N2O5/c1-26-18-11-15(20(24)28-3)17(12-19(18)27-2)23-21(25)22-16-10-6-8-13-7-4-5-9-14(13)16/h4-12H,1-3H3,(H2,22,23,25). The van der Waals surface area contributed by atoms with Gasteiger partial charge in [0.1, 0.15) is 0 Å². The molecule has 0 aromatic heterocycles. The van der Waals surface area contributed by atoms with Crippen LogP contribution in [0.5, 0.6) is 11.5 Å². The highest BCUT2D eigenvalue weighted by molar-refractivity contribution is 6.09. The Morgan fingerprint density at radius 2 is 1.43 bits per heavy atom. The van der Waals surface area contributed by atoms with E-state index in [0.717, 1.165) is 10.8 Å². The van der Waals surface area contributed by atoms with Crippen LogP contribution < -0.4 is 20.1 Å². The Morgan fingerprint density at radius 1 is 0.786 bits per heavy atom. The fraction of sp³-hybridized carbons (Fsp3) is 0.143. The highest BCUT2D eigenvalue weighted by atomic mass is 16.5. The number of benzene rings is 3. The van der Waals surface area contributed by atoms with Crippen LogP contribution in [0, 0.1) is 0 Å². The first-order chi connectivity index (χ1) is 13.6. The number of rotatable bonds is 5. The van der Waals surface area contributed by atoms with E-state index in [1.165, 1.54) is 33.5 Å². The number of nitrogens with one attached hydrogen (secondary N) is 2. The summed E-state index contributed by atoms with van der Waals surface area (Å²) in [7, 11) is 4.19. The van der Waals surface area contributed by atoms with E-state index in [1.54, 1.807) is 6.07 Å². The lowest BCUT2D eigenvalue weighted by Crippen LogP contribution is -2.21. The molecule has 7 nitrogen and oxygen atoms in total. The van der Waals surface area contributed by atoms with Gasteiger partial charge < -0.3 is 24.8 Å². The fourth-order valence-electron chi connectivity index (χ4n) is 2.87. The second-order valence-corrected chi connectivity index (χ2v) is 5.85. The fourth-order valence-corrected chi connectivity index (χ4v) is 2.87. The molecular formula is C21H20N2O5. The van der Waals surface area contributed by atoms with Gasteiger partial charge in [-0.1, -0.05) is 36.4 Å². The van der Waals surface area contributed by atoms with Gasteiger partial charge in [0.05, 0.1) is 38.3 Å². The van der Waals surface area contributed by atoms with Crippen molar-refractivity contribution in [2.75, 3.05) is 32.0 Å². The van der Waals surface area contributed by atoms with Crippen molar-refractivity contribution in [3.05, 3.63) is 60.2 Å². The van der Waals surface area contributed by atoms with Gasteiger partial charge in [-0.15, -0.1) is 0 Å². The Balaban J connectivity index is 1.91. The minimum Gasteiger partial charge on any atom is -0.493 e. The Kier molecular flexibility index (Phi) is 5.64. The highest BCUT2D eigenvalue weighted by Crippen LogP contribution is 2.34. The summed E-state index contributed by atoms with van der Waals surface area (Å²) in [6.07, 6.45) is 0. The summed E-state index contributed by atoms with van der Waals surface area (Å²) < 4.78 is 15.3. The number of carbonyl (C=O) groups excluding carboxylic acids is 2. The number of urea groups is 1. The van der Waals surface area contributed by atoms with Gasteiger partial charge in [0, 0.05) is 17.5 Å². The molecule has 0 radical (unpaired) electrons. The summed E-state index contributed by atoms with van der Waals surface area (Å²) >= 11 is 0. The summed E-state index contributed by atoms with van der Waals surface area (Å²) in [5.74, 6) is 0.111. The first-order valence-corrected chi connectivity index (χ1v) is 8.47. The second kappa shape index (κ2) is 8.30. The van der Waals surface area contributed by atoms with E-state index in [4.69, 9.17) is 14.2 Å². The van der Waals surface area contributed by atoms with Gasteiger partial charge in [-0.05, 0) is 11.5 Å². The molecule has 0 atom stereocenters. The second-order valence-electron chi connectivity index (χ2n) is 5.85. The number of amides is 2. The average molecular weight is 380 g/mol. The highest BCUT2D eigenvalue weighted by Gasteiger charge is 2.19. The van der Waals surface area contributed by atoms with Crippen LogP contribution in [0.4, 0.5) is 16.2 Å². The van der Waals surface area contributed by atoms with Crippen molar-refractivity contribution in [2.45, 2.75) is 0 Å². The molecule has 0 aliphatic rings. The maximum absolute atomic E-state index is 12.6. The quantitative estimate of drug-likeness (QED) is 0.645. The van der Waals surface area contributed by atoms with Crippen LogP contribution in [0.3, 0.4) is 0 Å². The Hall–Kier alpha value is -3.74. The summed E-state index contributed by atoms with van der Waals surface area (Å²) in [5.41, 5.74) is 1.03. The zero-order valence-electron chi connectivity index (χ0n) is 15.7. The molecule has 2 N–H and O–H groups in total. The minimum atomic E-state index is -0.610. The molecular weight excluding hydrogens is 360 g/mol. The SMILES string of the molecule is COC(=O)c1cc(OC)c(OC)cc1NC(=O)Nc1cccc2ccccc12. The molecule has 0 aliphatic heterocycles. The van der Waals surface area contributed by atoms with Crippen LogP contribution in [0.15, 0.2) is 54.6 Å². The molecule has 0 fully saturated rings. The zero-order valence-corrected chi connectivity index (χ0v) is 15.7. The van der Waals surface area contributed by atoms with Gasteiger partial charge in [-0.3, -0.25) is 0 Å². The van der Waals surface area contributed by atoms with Crippen molar-refractivity contribution in [1.82, 2.24) is 0 Å². The summed E-state index contributed by atoms with van der Waals surface area (Å²) in [6, 6.07) is 15.8. The van der Waals surface area contributed by atoms with E-state index in [-0.39, 0.29) is 11.3 Å². The molecule has 144 valence electrons. The molecule has 2 amide bonds. The molecule has 0 spiro atoms. The van der Waals surface area contributed by atoms with Gasteiger partial charge in [0.2, 0.25) is 0 Å². The third-order valence-corrected chi connectivity index (χ3v) is 4.22. The number of ether oxygens (including phenoxy) is 3. The lowest BCUT2D eigenvalue weighted by Gasteiger charge is -2.15. The molecule has 3 aromatic rings. The molecule has 0 bridgehead atoms. The number of anilines is 2. The van der Waals surface area contributed by atoms with Crippen LogP contribution in [0.25, 0.3) is 10.8 Å². The Labute approximate surface area is 162 Å². The number of hydrogen-bond donors (Lipinski definition) is 2. The van der Waals surface area contributed by atoms with E-state index < -0.39 is 12.0 Å². The van der Waals surface area contributed by atoms with E-state index in [2.05, 4.69) is 10.6 Å². The Morgan fingerprint density at radius 3 is 2.14 bits per heavy atom. The maximum Gasteiger partial charge on any atom is 0.340 e. The normalized spacial score (nSPS) is 10.2. The van der Waals surface area contributed by atoms with Crippen molar-refractivity contribution in [3.8, 4) is 11.5 Å². The summed E-state index contributed by atoms with van der Waals surface area (Å²) in [4.78, 5) is 24.7. The number of carbonyl (C=O) groups is 2. The molecule has 3 aromatic carbocycles. The lowest BCUT2D eigenvalue weighted by atomic mass is 10.1. The minimum absolute atomic E-state index is 0.146. The largest absolute Gasteiger partial charge is 0.493 e. The smallest absolute Gasteiger partial charge is 0.340 e. The molecule has 0 aliphatic carbocycles. The van der Waals surface area contributed by atoms with Crippen LogP contribution in [0.1, 0.15) is 10.4 Å². The molecule has 3 rings (SSSR count). The number of methoxy groups -OCH3 is 3. The topological polar surface area (TPSA) is 85.9 Å². The van der Waals surface area contributed by atoms with Crippen molar-refractivity contribution in [1.29, 1.82) is 0 Å². The zero-order chi connectivity index (χ0) is 20.1. The molecule has 0 saturated heterocycles. The molecule has 0 saturated carbocycles. The van der Waals surface area contributed by atoms with Gasteiger partial charge in [-0.2, -0.15) is 0 Å². The van der Waals surface area contributed by atoms with Crippen molar-refractivity contribution in [3.63, 3.8) is 0 Å². The van der Waals surface area contributed by atoms with E-state index in [9.17, 15) is 9.59 Å². The summed E-state index contributed by atoms with van der Waals surface area (Å²) in [6.45, 7) is 0. The molecule has 28 heavy (non-hydrogen) atoms. The van der Waals surface area contributed by atoms with E-state index in [0.29, 0.717) is 17.2 Å².